The van der Waals surface area contributed by atoms with E-state index in [1.807, 2.05) is 19.1 Å². The zero-order valence-corrected chi connectivity index (χ0v) is 12.2. The van der Waals surface area contributed by atoms with Gasteiger partial charge in [-0.2, -0.15) is 0 Å². The zero-order chi connectivity index (χ0) is 13.3. The molecule has 1 heterocycles. The first-order valence-electron chi connectivity index (χ1n) is 6.46. The van der Waals surface area contributed by atoms with Crippen LogP contribution < -0.4 is 5.32 Å². The van der Waals surface area contributed by atoms with Crippen molar-refractivity contribution in [3.8, 4) is 0 Å². The summed E-state index contributed by atoms with van der Waals surface area (Å²) in [6.45, 7) is 10.2. The highest BCUT2D eigenvalue weighted by molar-refractivity contribution is 6.31. The van der Waals surface area contributed by atoms with Crippen LogP contribution >= 0.6 is 11.6 Å². The van der Waals surface area contributed by atoms with Gasteiger partial charge >= 0.3 is 0 Å². The molecule has 0 amide bonds. The normalized spacial score (nSPS) is 11.7. The van der Waals surface area contributed by atoms with Crippen molar-refractivity contribution in [2.75, 3.05) is 6.54 Å². The van der Waals surface area contributed by atoms with E-state index >= 15 is 0 Å². The van der Waals surface area contributed by atoms with Gasteiger partial charge in [-0.3, -0.25) is 0 Å². The molecule has 0 spiro atoms. The van der Waals surface area contributed by atoms with Crippen molar-refractivity contribution in [2.45, 2.75) is 40.2 Å². The Kier molecular flexibility index (Phi) is 3.98. The average molecular weight is 266 g/mol. The topological polar surface area (TPSA) is 25.2 Å². The first-order chi connectivity index (χ1) is 8.54. The minimum Gasteiger partial charge on any atom is -0.459 e. The largest absolute Gasteiger partial charge is 0.459 e. The van der Waals surface area contributed by atoms with E-state index in [2.05, 4.69) is 26.1 Å². The Morgan fingerprint density at radius 1 is 1.33 bits per heavy atom. The van der Waals surface area contributed by atoms with Crippen molar-refractivity contribution in [3.05, 3.63) is 34.0 Å². The number of hydrogen-bond acceptors (Lipinski definition) is 2. The smallest absolute Gasteiger partial charge is 0.137 e. The lowest BCUT2D eigenvalue weighted by molar-refractivity contribution is 0.509. The molecule has 3 heteroatoms. The number of nitrogens with one attached hydrogen (secondary N) is 1. The van der Waals surface area contributed by atoms with Gasteiger partial charge in [0.15, 0.2) is 0 Å². The molecule has 98 valence electrons. The van der Waals surface area contributed by atoms with E-state index in [0.717, 1.165) is 40.4 Å². The Balaban J connectivity index is 2.63. The molecule has 2 nitrogen and oxygen atoms in total. The summed E-state index contributed by atoms with van der Waals surface area (Å²) in [6.07, 6.45) is 0. The van der Waals surface area contributed by atoms with Crippen LogP contribution in [0.25, 0.3) is 11.0 Å². The maximum atomic E-state index is 6.16. The highest BCUT2D eigenvalue weighted by Gasteiger charge is 2.18. The van der Waals surface area contributed by atoms with E-state index < -0.39 is 0 Å². The van der Waals surface area contributed by atoms with Gasteiger partial charge in [0.25, 0.3) is 0 Å². The first kappa shape index (κ1) is 13.4. The summed E-state index contributed by atoms with van der Waals surface area (Å²) in [7, 11) is 0. The van der Waals surface area contributed by atoms with Crippen LogP contribution in [0, 0.1) is 6.92 Å². The van der Waals surface area contributed by atoms with Crippen LogP contribution in [-0.2, 0) is 6.54 Å². The van der Waals surface area contributed by atoms with Crippen LogP contribution in [0.5, 0.6) is 0 Å². The number of fused-ring (bicyclic) bond motifs is 1. The fraction of sp³-hybridized carbons (Fsp3) is 0.467. The molecule has 0 saturated carbocycles. The standard InChI is InChI=1S/C15H20ClNO/c1-5-17-8-13-14(9(2)3)12-7-11(16)6-10(4)15(12)18-13/h6-7,9,17H,5,8H2,1-4H3. The second-order valence-corrected chi connectivity index (χ2v) is 5.41. The molecule has 0 aliphatic rings. The summed E-state index contributed by atoms with van der Waals surface area (Å²) in [5, 5.41) is 5.26. The van der Waals surface area contributed by atoms with Gasteiger partial charge < -0.3 is 9.73 Å². The van der Waals surface area contributed by atoms with Gasteiger partial charge in [0, 0.05) is 16.0 Å². The predicted octanol–water partition coefficient (Wildman–Crippen LogP) is 4.63. The van der Waals surface area contributed by atoms with Gasteiger partial charge in [-0.15, -0.1) is 0 Å². The lowest BCUT2D eigenvalue weighted by atomic mass is 9.98. The third-order valence-corrected chi connectivity index (χ3v) is 3.39. The van der Waals surface area contributed by atoms with Gasteiger partial charge in [0.2, 0.25) is 0 Å². The molecule has 1 N–H and O–H groups in total. The SMILES string of the molecule is CCNCc1oc2c(C)cc(Cl)cc2c1C(C)C. The predicted molar refractivity (Wildman–Crippen MR) is 77.4 cm³/mol. The molecule has 18 heavy (non-hydrogen) atoms. The Morgan fingerprint density at radius 2 is 2.06 bits per heavy atom. The molecule has 0 radical (unpaired) electrons. The third-order valence-electron chi connectivity index (χ3n) is 3.17. The van der Waals surface area contributed by atoms with E-state index in [9.17, 15) is 0 Å². The number of halogens is 1. The molecule has 0 unspecified atom stereocenters. The van der Waals surface area contributed by atoms with E-state index in [1.165, 1.54) is 5.56 Å². The van der Waals surface area contributed by atoms with Crippen LogP contribution in [0.1, 0.15) is 43.6 Å². The summed E-state index contributed by atoms with van der Waals surface area (Å²) in [4.78, 5) is 0. The van der Waals surface area contributed by atoms with Crippen molar-refractivity contribution >= 4 is 22.6 Å². The molecule has 2 aromatic rings. The van der Waals surface area contributed by atoms with Crippen LogP contribution in [0.4, 0.5) is 0 Å². The van der Waals surface area contributed by atoms with Crippen molar-refractivity contribution < 1.29 is 4.42 Å². The lowest BCUT2D eigenvalue weighted by Gasteiger charge is -2.06. The van der Waals surface area contributed by atoms with Crippen LogP contribution in [-0.4, -0.2) is 6.54 Å². The Hall–Kier alpha value is -0.990. The first-order valence-corrected chi connectivity index (χ1v) is 6.84. The third kappa shape index (κ3) is 2.40. The molecule has 0 aliphatic heterocycles. The van der Waals surface area contributed by atoms with Gasteiger partial charge in [0.1, 0.15) is 11.3 Å². The summed E-state index contributed by atoms with van der Waals surface area (Å²) in [5.41, 5.74) is 3.34. The number of hydrogen-bond donors (Lipinski definition) is 1. The quantitative estimate of drug-likeness (QED) is 0.872. The Labute approximate surface area is 113 Å². The molecule has 0 fully saturated rings. The Morgan fingerprint density at radius 3 is 2.67 bits per heavy atom. The van der Waals surface area contributed by atoms with Crippen molar-refractivity contribution in [1.29, 1.82) is 0 Å². The number of rotatable bonds is 4. The Bertz CT molecular complexity index is 557. The fourth-order valence-corrected chi connectivity index (χ4v) is 2.67. The van der Waals surface area contributed by atoms with E-state index in [-0.39, 0.29) is 0 Å². The number of furan rings is 1. The van der Waals surface area contributed by atoms with Gasteiger partial charge in [-0.25, -0.2) is 0 Å². The summed E-state index contributed by atoms with van der Waals surface area (Å²) in [5.74, 6) is 1.46. The summed E-state index contributed by atoms with van der Waals surface area (Å²) < 4.78 is 6.03. The summed E-state index contributed by atoms with van der Waals surface area (Å²) in [6, 6.07) is 3.96. The van der Waals surface area contributed by atoms with Gasteiger partial charge in [-0.1, -0.05) is 32.4 Å². The average Bonchev–Trinajstić information content (AvgIpc) is 2.64. The van der Waals surface area contributed by atoms with Gasteiger partial charge in [0.05, 0.1) is 6.54 Å². The van der Waals surface area contributed by atoms with Crippen molar-refractivity contribution in [3.63, 3.8) is 0 Å². The van der Waals surface area contributed by atoms with Crippen molar-refractivity contribution in [2.24, 2.45) is 0 Å². The van der Waals surface area contributed by atoms with Crippen molar-refractivity contribution in [1.82, 2.24) is 5.32 Å². The second kappa shape index (κ2) is 5.33. The molecule has 2 rings (SSSR count). The minimum absolute atomic E-state index is 0.428. The number of aryl methyl sites for hydroxylation is 1. The monoisotopic (exact) mass is 265 g/mol. The lowest BCUT2D eigenvalue weighted by Crippen LogP contribution is -2.12. The molecular weight excluding hydrogens is 246 g/mol. The zero-order valence-electron chi connectivity index (χ0n) is 11.4. The maximum absolute atomic E-state index is 6.16. The molecule has 1 aromatic carbocycles. The maximum Gasteiger partial charge on any atom is 0.137 e. The minimum atomic E-state index is 0.428. The molecule has 0 atom stereocenters. The fourth-order valence-electron chi connectivity index (χ4n) is 2.40. The van der Waals surface area contributed by atoms with Gasteiger partial charge in [-0.05, 0) is 37.1 Å². The van der Waals surface area contributed by atoms with E-state index in [4.69, 9.17) is 16.0 Å². The van der Waals surface area contributed by atoms with E-state index in [1.54, 1.807) is 0 Å². The molecule has 0 saturated heterocycles. The highest BCUT2D eigenvalue weighted by Crippen LogP contribution is 2.35. The van der Waals surface area contributed by atoms with Crippen LogP contribution in [0.3, 0.4) is 0 Å². The molecule has 1 aromatic heterocycles. The van der Waals surface area contributed by atoms with Crippen LogP contribution in [0.2, 0.25) is 5.02 Å². The molecule has 0 bridgehead atoms. The second-order valence-electron chi connectivity index (χ2n) is 4.97. The highest BCUT2D eigenvalue weighted by atomic mass is 35.5. The molecule has 0 aliphatic carbocycles. The van der Waals surface area contributed by atoms with Crippen LogP contribution in [0.15, 0.2) is 16.5 Å². The number of benzene rings is 1. The van der Waals surface area contributed by atoms with E-state index in [0.29, 0.717) is 5.92 Å². The summed E-state index contributed by atoms with van der Waals surface area (Å²) >= 11 is 6.16. The molecular formula is C15H20ClNO.